The molecule has 3 saturated heterocycles. The third kappa shape index (κ3) is 6.58. The number of aryl methyl sites for hydroxylation is 1. The van der Waals surface area contributed by atoms with E-state index >= 15 is 0 Å². The van der Waals surface area contributed by atoms with Gasteiger partial charge in [0.25, 0.3) is 5.91 Å². The second kappa shape index (κ2) is 12.3. The van der Waals surface area contributed by atoms with Crippen molar-refractivity contribution in [1.29, 1.82) is 0 Å². The predicted molar refractivity (Wildman–Crippen MR) is 154 cm³/mol. The van der Waals surface area contributed by atoms with Gasteiger partial charge in [-0.2, -0.15) is 11.3 Å². The standard InChI is InChI=1S/C29H37ClN4O4S/c1-20-4-5-25(14-27(20)30)34(29(37)38-26-6-11-32(12-7-26)21(2)35)10-3-9-31-15-23-17-33(18-24(23)16-31)28(36)22-8-13-39-19-22/h4-5,8,13-14,19,23-24,26H,3,6-7,9-12,15-18H2,1-2H3. The third-order valence-electron chi connectivity index (χ3n) is 8.32. The molecule has 10 heteroatoms. The third-order valence-corrected chi connectivity index (χ3v) is 9.41. The van der Waals surface area contributed by atoms with E-state index in [1.807, 2.05) is 46.8 Å². The Morgan fingerprint density at radius 2 is 1.77 bits per heavy atom. The van der Waals surface area contributed by atoms with Crippen LogP contribution in [0.25, 0.3) is 0 Å². The number of carbonyl (C=O) groups excluding carboxylic acids is 3. The summed E-state index contributed by atoms with van der Waals surface area (Å²) in [7, 11) is 0. The molecule has 2 aromatic rings. The van der Waals surface area contributed by atoms with E-state index in [0.29, 0.717) is 49.3 Å². The lowest BCUT2D eigenvalue weighted by molar-refractivity contribution is -0.130. The summed E-state index contributed by atoms with van der Waals surface area (Å²) in [5.74, 6) is 1.22. The summed E-state index contributed by atoms with van der Waals surface area (Å²) < 4.78 is 5.91. The Kier molecular flexibility index (Phi) is 8.79. The highest BCUT2D eigenvalue weighted by atomic mass is 35.5. The van der Waals surface area contributed by atoms with Crippen molar-refractivity contribution in [3.05, 3.63) is 51.2 Å². The molecular formula is C29H37ClN4O4S. The average molecular weight is 573 g/mol. The van der Waals surface area contributed by atoms with Gasteiger partial charge >= 0.3 is 6.09 Å². The summed E-state index contributed by atoms with van der Waals surface area (Å²) in [5, 5.41) is 4.50. The van der Waals surface area contributed by atoms with Crippen molar-refractivity contribution < 1.29 is 19.1 Å². The first-order valence-electron chi connectivity index (χ1n) is 13.8. The van der Waals surface area contributed by atoms with Crippen LogP contribution in [0.5, 0.6) is 0 Å². The van der Waals surface area contributed by atoms with E-state index in [-0.39, 0.29) is 24.0 Å². The molecule has 5 rings (SSSR count). The lowest BCUT2D eigenvalue weighted by Gasteiger charge is -2.32. The Bertz CT molecular complexity index is 1170. The van der Waals surface area contributed by atoms with Gasteiger partial charge in [-0.05, 0) is 60.9 Å². The molecule has 2 atom stereocenters. The first-order chi connectivity index (χ1) is 18.8. The van der Waals surface area contributed by atoms with Crippen molar-refractivity contribution in [3.63, 3.8) is 0 Å². The predicted octanol–water partition coefficient (Wildman–Crippen LogP) is 4.76. The summed E-state index contributed by atoms with van der Waals surface area (Å²) in [6, 6.07) is 7.57. The summed E-state index contributed by atoms with van der Waals surface area (Å²) in [4.78, 5) is 45.7. The summed E-state index contributed by atoms with van der Waals surface area (Å²) in [5.41, 5.74) is 2.49. The number of rotatable bonds is 7. The molecule has 3 fully saturated rings. The SMILES string of the molecule is CC(=O)N1CCC(OC(=O)N(CCCN2CC3CN(C(=O)c4ccsc4)CC3C2)c2ccc(C)c(Cl)c2)CC1. The monoisotopic (exact) mass is 572 g/mol. The fourth-order valence-corrected chi connectivity index (χ4v) is 6.83. The number of piperidine rings is 1. The molecule has 0 saturated carbocycles. The van der Waals surface area contributed by atoms with E-state index < -0.39 is 0 Å². The maximum atomic E-state index is 13.3. The topological polar surface area (TPSA) is 73.4 Å². The van der Waals surface area contributed by atoms with Crippen molar-refractivity contribution in [3.8, 4) is 0 Å². The van der Waals surface area contributed by atoms with E-state index in [1.54, 1.807) is 28.1 Å². The van der Waals surface area contributed by atoms with Crippen LogP contribution in [0.4, 0.5) is 10.5 Å². The molecular weight excluding hydrogens is 536 g/mol. The fourth-order valence-electron chi connectivity index (χ4n) is 6.03. The van der Waals surface area contributed by atoms with Crippen LogP contribution in [0.2, 0.25) is 5.02 Å². The van der Waals surface area contributed by atoms with Gasteiger partial charge in [-0.25, -0.2) is 4.79 Å². The number of halogens is 1. The molecule has 3 aliphatic heterocycles. The van der Waals surface area contributed by atoms with E-state index in [9.17, 15) is 14.4 Å². The van der Waals surface area contributed by atoms with Crippen LogP contribution in [0.15, 0.2) is 35.0 Å². The van der Waals surface area contributed by atoms with E-state index in [2.05, 4.69) is 4.90 Å². The summed E-state index contributed by atoms with van der Waals surface area (Å²) in [6.07, 6.45) is 1.54. The molecule has 1 aromatic heterocycles. The first-order valence-corrected chi connectivity index (χ1v) is 15.1. The Morgan fingerprint density at radius 3 is 2.38 bits per heavy atom. The molecule has 39 heavy (non-hydrogen) atoms. The van der Waals surface area contributed by atoms with Gasteiger partial charge in [-0.3, -0.25) is 14.5 Å². The molecule has 0 bridgehead atoms. The van der Waals surface area contributed by atoms with Crippen LogP contribution < -0.4 is 4.90 Å². The van der Waals surface area contributed by atoms with Gasteiger partial charge in [-0.1, -0.05) is 17.7 Å². The number of anilines is 1. The lowest BCUT2D eigenvalue weighted by atomic mass is 10.0. The smallest absolute Gasteiger partial charge is 0.414 e. The van der Waals surface area contributed by atoms with Crippen molar-refractivity contribution in [2.45, 2.75) is 39.2 Å². The number of nitrogens with zero attached hydrogens (tertiary/aromatic N) is 4. The molecule has 1 aromatic carbocycles. The number of hydrogen-bond donors (Lipinski definition) is 0. The second-order valence-corrected chi connectivity index (χ2v) is 12.2. The highest BCUT2D eigenvalue weighted by Crippen LogP contribution is 2.32. The Balaban J connectivity index is 1.14. The number of carbonyl (C=O) groups is 3. The molecule has 0 spiro atoms. The molecule has 0 radical (unpaired) electrons. The number of amides is 3. The zero-order chi connectivity index (χ0) is 27.5. The van der Waals surface area contributed by atoms with Gasteiger partial charge in [0.2, 0.25) is 5.91 Å². The number of benzene rings is 1. The molecule has 3 amide bonds. The van der Waals surface area contributed by atoms with Gasteiger partial charge in [0, 0.05) is 81.7 Å². The quantitative estimate of drug-likeness (QED) is 0.478. The van der Waals surface area contributed by atoms with Crippen LogP contribution in [-0.2, 0) is 9.53 Å². The van der Waals surface area contributed by atoms with Crippen molar-refractivity contribution >= 4 is 46.5 Å². The minimum atomic E-state index is -0.364. The molecule has 0 aliphatic carbocycles. The maximum absolute atomic E-state index is 13.3. The normalized spacial score (nSPS) is 21.7. The molecule has 8 nitrogen and oxygen atoms in total. The van der Waals surface area contributed by atoms with Crippen molar-refractivity contribution in [2.24, 2.45) is 11.8 Å². The number of fused-ring (bicyclic) bond motifs is 1. The number of likely N-dealkylation sites (tertiary alicyclic amines) is 3. The van der Waals surface area contributed by atoms with Gasteiger partial charge in [-0.15, -0.1) is 0 Å². The highest BCUT2D eigenvalue weighted by Gasteiger charge is 2.41. The first kappa shape index (κ1) is 27.9. The van der Waals surface area contributed by atoms with Crippen LogP contribution in [0.1, 0.15) is 42.1 Å². The van der Waals surface area contributed by atoms with Crippen molar-refractivity contribution in [2.75, 3.05) is 57.3 Å². The Morgan fingerprint density at radius 1 is 1.05 bits per heavy atom. The van der Waals surface area contributed by atoms with Crippen LogP contribution in [0.3, 0.4) is 0 Å². The molecule has 4 heterocycles. The van der Waals surface area contributed by atoms with E-state index in [4.69, 9.17) is 16.3 Å². The number of ether oxygens (including phenoxy) is 1. The minimum Gasteiger partial charge on any atom is -0.446 e. The maximum Gasteiger partial charge on any atom is 0.414 e. The summed E-state index contributed by atoms with van der Waals surface area (Å²) >= 11 is 7.97. The van der Waals surface area contributed by atoms with Crippen LogP contribution in [-0.4, -0.2) is 91.1 Å². The van der Waals surface area contributed by atoms with E-state index in [1.165, 1.54) is 0 Å². The van der Waals surface area contributed by atoms with Crippen LogP contribution in [0, 0.1) is 18.8 Å². The lowest BCUT2D eigenvalue weighted by Crippen LogP contribution is -2.43. The van der Waals surface area contributed by atoms with Gasteiger partial charge in [0.05, 0.1) is 5.56 Å². The molecule has 0 N–H and O–H groups in total. The van der Waals surface area contributed by atoms with E-state index in [0.717, 1.165) is 56.0 Å². The van der Waals surface area contributed by atoms with Crippen molar-refractivity contribution in [1.82, 2.24) is 14.7 Å². The summed E-state index contributed by atoms with van der Waals surface area (Å²) in [6.45, 7) is 9.73. The highest BCUT2D eigenvalue weighted by molar-refractivity contribution is 7.08. The second-order valence-electron chi connectivity index (χ2n) is 11.0. The Labute approximate surface area is 239 Å². The Hall–Kier alpha value is -2.62. The van der Waals surface area contributed by atoms with Gasteiger partial charge in [0.15, 0.2) is 0 Å². The van der Waals surface area contributed by atoms with Gasteiger partial charge in [0.1, 0.15) is 6.10 Å². The van der Waals surface area contributed by atoms with Gasteiger partial charge < -0.3 is 19.4 Å². The molecule has 210 valence electrons. The zero-order valence-electron chi connectivity index (χ0n) is 22.7. The number of thiophene rings is 1. The van der Waals surface area contributed by atoms with Crippen LogP contribution >= 0.6 is 22.9 Å². The molecule has 3 aliphatic rings. The molecule has 2 unspecified atom stereocenters. The average Bonchev–Trinajstić information content (AvgIpc) is 3.66. The number of hydrogen-bond acceptors (Lipinski definition) is 6. The largest absolute Gasteiger partial charge is 0.446 e. The minimum absolute atomic E-state index is 0.0588. The fraction of sp³-hybridized carbons (Fsp3) is 0.552. The zero-order valence-corrected chi connectivity index (χ0v) is 24.3.